The van der Waals surface area contributed by atoms with Gasteiger partial charge in [0.2, 0.25) is 0 Å². The van der Waals surface area contributed by atoms with Crippen LogP contribution in [0.3, 0.4) is 0 Å². The molecule has 2 atom stereocenters. The zero-order valence-corrected chi connectivity index (χ0v) is 14.7. The van der Waals surface area contributed by atoms with E-state index in [1.807, 2.05) is 44.2 Å². The topological polar surface area (TPSA) is 64.6 Å². The van der Waals surface area contributed by atoms with Gasteiger partial charge < -0.3 is 14.8 Å². The minimum absolute atomic E-state index is 0.0276. The van der Waals surface area contributed by atoms with E-state index in [1.54, 1.807) is 24.3 Å². The Morgan fingerprint density at radius 2 is 1.72 bits per heavy atom. The van der Waals surface area contributed by atoms with Gasteiger partial charge in [-0.2, -0.15) is 0 Å². The molecule has 0 aliphatic carbocycles. The van der Waals surface area contributed by atoms with Crippen LogP contribution in [0, 0.1) is 5.92 Å². The molecule has 5 heteroatoms. The third-order valence-corrected chi connectivity index (χ3v) is 4.03. The van der Waals surface area contributed by atoms with E-state index in [0.717, 1.165) is 6.42 Å². The molecule has 0 heterocycles. The highest BCUT2D eigenvalue weighted by Gasteiger charge is 2.27. The highest BCUT2D eigenvalue weighted by atomic mass is 16.5. The van der Waals surface area contributed by atoms with E-state index in [-0.39, 0.29) is 11.8 Å². The molecule has 0 fully saturated rings. The summed E-state index contributed by atoms with van der Waals surface area (Å²) in [6, 6.07) is 15.5. The first-order valence-electron chi connectivity index (χ1n) is 8.26. The van der Waals surface area contributed by atoms with Crippen LogP contribution in [0.2, 0.25) is 0 Å². The Kier molecular flexibility index (Phi) is 6.57. The first kappa shape index (κ1) is 18.5. The standard InChI is InChI=1S/C20H23NO4/c1-4-14(2)18(20(23)24-3)21-19(22)15-9-8-12-17(13-15)25-16-10-6-5-7-11-16/h5-14,18H,4H2,1-3H3,(H,21,22)/t14-,18+/m0/s1. The summed E-state index contributed by atoms with van der Waals surface area (Å²) >= 11 is 0. The Balaban J connectivity index is 2.13. The lowest BCUT2D eigenvalue weighted by Crippen LogP contribution is -2.45. The van der Waals surface area contributed by atoms with Crippen molar-refractivity contribution < 1.29 is 19.1 Å². The minimum Gasteiger partial charge on any atom is -0.467 e. The maximum atomic E-state index is 12.5. The number of nitrogens with one attached hydrogen (secondary N) is 1. The van der Waals surface area contributed by atoms with Crippen molar-refractivity contribution in [3.8, 4) is 11.5 Å². The number of esters is 1. The van der Waals surface area contributed by atoms with Gasteiger partial charge in [-0.05, 0) is 36.2 Å². The Bertz CT molecular complexity index is 715. The molecule has 0 saturated heterocycles. The molecule has 0 unspecified atom stereocenters. The molecule has 0 aliphatic heterocycles. The second-order valence-electron chi connectivity index (χ2n) is 5.80. The summed E-state index contributed by atoms with van der Waals surface area (Å²) in [4.78, 5) is 24.5. The number of ether oxygens (including phenoxy) is 2. The van der Waals surface area contributed by atoms with Crippen LogP contribution in [0.5, 0.6) is 11.5 Å². The molecule has 0 spiro atoms. The van der Waals surface area contributed by atoms with Crippen LogP contribution >= 0.6 is 0 Å². The van der Waals surface area contributed by atoms with E-state index in [2.05, 4.69) is 5.32 Å². The highest BCUT2D eigenvalue weighted by Crippen LogP contribution is 2.22. The van der Waals surface area contributed by atoms with Crippen LogP contribution in [0.4, 0.5) is 0 Å². The highest BCUT2D eigenvalue weighted by molar-refractivity contribution is 5.97. The zero-order chi connectivity index (χ0) is 18.2. The molecule has 0 saturated carbocycles. The number of methoxy groups -OCH3 is 1. The van der Waals surface area contributed by atoms with Crippen molar-refractivity contribution in [3.63, 3.8) is 0 Å². The first-order chi connectivity index (χ1) is 12.0. The second-order valence-corrected chi connectivity index (χ2v) is 5.80. The van der Waals surface area contributed by atoms with E-state index >= 15 is 0 Å². The van der Waals surface area contributed by atoms with Gasteiger partial charge in [0.25, 0.3) is 5.91 Å². The molecule has 0 aromatic heterocycles. The molecule has 25 heavy (non-hydrogen) atoms. The predicted octanol–water partition coefficient (Wildman–Crippen LogP) is 3.80. The summed E-state index contributed by atoms with van der Waals surface area (Å²) in [5.41, 5.74) is 0.422. The summed E-state index contributed by atoms with van der Waals surface area (Å²) < 4.78 is 10.5. The van der Waals surface area contributed by atoms with Crippen LogP contribution in [-0.4, -0.2) is 25.0 Å². The molecular weight excluding hydrogens is 318 g/mol. The van der Waals surface area contributed by atoms with Crippen LogP contribution in [0.25, 0.3) is 0 Å². The summed E-state index contributed by atoms with van der Waals surface area (Å²) in [6.07, 6.45) is 0.747. The van der Waals surface area contributed by atoms with Gasteiger partial charge in [-0.3, -0.25) is 4.79 Å². The van der Waals surface area contributed by atoms with Gasteiger partial charge in [-0.25, -0.2) is 4.79 Å². The SMILES string of the molecule is CC[C@H](C)[C@@H](NC(=O)c1cccc(Oc2ccccc2)c1)C(=O)OC. The number of para-hydroxylation sites is 1. The van der Waals surface area contributed by atoms with Crippen molar-refractivity contribution in [3.05, 3.63) is 60.2 Å². The number of carbonyl (C=O) groups is 2. The quantitative estimate of drug-likeness (QED) is 0.778. The van der Waals surface area contributed by atoms with Crippen molar-refractivity contribution in [2.45, 2.75) is 26.3 Å². The number of benzene rings is 2. The molecule has 2 aromatic carbocycles. The van der Waals surface area contributed by atoms with Crippen molar-refractivity contribution in [1.29, 1.82) is 0 Å². The van der Waals surface area contributed by atoms with Crippen LogP contribution in [0.1, 0.15) is 30.6 Å². The number of rotatable bonds is 7. The Labute approximate surface area is 148 Å². The lowest BCUT2D eigenvalue weighted by molar-refractivity contribution is -0.144. The smallest absolute Gasteiger partial charge is 0.328 e. The molecule has 132 valence electrons. The number of amides is 1. The van der Waals surface area contributed by atoms with Gasteiger partial charge in [0, 0.05) is 5.56 Å². The van der Waals surface area contributed by atoms with Crippen molar-refractivity contribution in [2.75, 3.05) is 7.11 Å². The van der Waals surface area contributed by atoms with Gasteiger partial charge in [0.1, 0.15) is 17.5 Å². The van der Waals surface area contributed by atoms with Crippen molar-refractivity contribution in [2.24, 2.45) is 5.92 Å². The summed E-state index contributed by atoms with van der Waals surface area (Å²) in [5.74, 6) is 0.429. The summed E-state index contributed by atoms with van der Waals surface area (Å²) in [6.45, 7) is 3.86. The van der Waals surface area contributed by atoms with E-state index in [1.165, 1.54) is 7.11 Å². The van der Waals surface area contributed by atoms with Crippen molar-refractivity contribution in [1.82, 2.24) is 5.32 Å². The van der Waals surface area contributed by atoms with E-state index in [9.17, 15) is 9.59 Å². The number of hydrogen-bond acceptors (Lipinski definition) is 4. The Hall–Kier alpha value is -2.82. The van der Waals surface area contributed by atoms with Gasteiger partial charge in [-0.1, -0.05) is 44.5 Å². The van der Waals surface area contributed by atoms with Gasteiger partial charge in [0.05, 0.1) is 7.11 Å². The number of hydrogen-bond donors (Lipinski definition) is 1. The van der Waals surface area contributed by atoms with Crippen LogP contribution < -0.4 is 10.1 Å². The molecule has 1 amide bonds. The van der Waals surface area contributed by atoms with Gasteiger partial charge >= 0.3 is 5.97 Å². The fourth-order valence-corrected chi connectivity index (χ4v) is 2.35. The molecule has 2 aromatic rings. The number of carbonyl (C=O) groups excluding carboxylic acids is 2. The fraction of sp³-hybridized carbons (Fsp3) is 0.300. The molecule has 1 N–H and O–H groups in total. The lowest BCUT2D eigenvalue weighted by Gasteiger charge is -2.22. The molecule has 5 nitrogen and oxygen atoms in total. The van der Waals surface area contributed by atoms with Crippen molar-refractivity contribution >= 4 is 11.9 Å². The fourth-order valence-electron chi connectivity index (χ4n) is 2.35. The summed E-state index contributed by atoms with van der Waals surface area (Å²) in [7, 11) is 1.32. The minimum atomic E-state index is -0.679. The van der Waals surface area contributed by atoms with E-state index in [4.69, 9.17) is 9.47 Å². The molecular formula is C20H23NO4. The Morgan fingerprint density at radius 1 is 1.04 bits per heavy atom. The normalized spacial score (nSPS) is 12.8. The zero-order valence-electron chi connectivity index (χ0n) is 14.7. The summed E-state index contributed by atoms with van der Waals surface area (Å²) in [5, 5.41) is 2.76. The third-order valence-electron chi connectivity index (χ3n) is 4.03. The first-order valence-corrected chi connectivity index (χ1v) is 8.26. The maximum absolute atomic E-state index is 12.5. The predicted molar refractivity (Wildman–Crippen MR) is 95.7 cm³/mol. The molecule has 0 bridgehead atoms. The second kappa shape index (κ2) is 8.87. The lowest BCUT2D eigenvalue weighted by atomic mass is 9.99. The van der Waals surface area contributed by atoms with Gasteiger partial charge in [0.15, 0.2) is 0 Å². The third kappa shape index (κ3) is 5.08. The average Bonchev–Trinajstić information content (AvgIpc) is 2.65. The van der Waals surface area contributed by atoms with Crippen LogP contribution in [0.15, 0.2) is 54.6 Å². The maximum Gasteiger partial charge on any atom is 0.328 e. The van der Waals surface area contributed by atoms with Crippen LogP contribution in [-0.2, 0) is 9.53 Å². The largest absolute Gasteiger partial charge is 0.467 e. The van der Waals surface area contributed by atoms with E-state index < -0.39 is 12.0 Å². The monoisotopic (exact) mass is 341 g/mol. The molecule has 0 aliphatic rings. The molecule has 0 radical (unpaired) electrons. The average molecular weight is 341 g/mol. The molecule has 2 rings (SSSR count). The van der Waals surface area contributed by atoms with E-state index in [0.29, 0.717) is 17.1 Å². The Morgan fingerprint density at radius 3 is 2.36 bits per heavy atom. The van der Waals surface area contributed by atoms with Gasteiger partial charge in [-0.15, -0.1) is 0 Å².